The van der Waals surface area contributed by atoms with Crippen molar-refractivity contribution in [3.05, 3.63) is 54.1 Å². The van der Waals surface area contributed by atoms with Crippen LogP contribution in [-0.4, -0.2) is 24.7 Å². The molecule has 2 unspecified atom stereocenters. The number of amides is 1. The number of nitrogens with one attached hydrogen (secondary N) is 1. The van der Waals surface area contributed by atoms with E-state index in [1.165, 1.54) is 12.8 Å². The lowest BCUT2D eigenvalue weighted by Gasteiger charge is -2.31. The molecule has 5 heteroatoms. The van der Waals surface area contributed by atoms with Crippen LogP contribution in [0.5, 0.6) is 11.5 Å². The summed E-state index contributed by atoms with van der Waals surface area (Å²) in [4.78, 5) is 12.7. The summed E-state index contributed by atoms with van der Waals surface area (Å²) in [6.45, 7) is 3.22. The van der Waals surface area contributed by atoms with Gasteiger partial charge in [0.25, 0.3) is 5.91 Å². The van der Waals surface area contributed by atoms with Crippen molar-refractivity contribution in [3.8, 4) is 11.5 Å². The largest absolute Gasteiger partial charge is 0.482 e. The predicted molar refractivity (Wildman–Crippen MR) is 98.4 cm³/mol. The lowest BCUT2D eigenvalue weighted by Crippen LogP contribution is -2.46. The van der Waals surface area contributed by atoms with E-state index in [1.807, 2.05) is 49.4 Å². The van der Waals surface area contributed by atoms with Crippen molar-refractivity contribution in [3.63, 3.8) is 0 Å². The first-order chi connectivity index (χ1) is 12.7. The molecule has 4 rings (SSSR count). The second-order valence-corrected chi connectivity index (χ2v) is 6.96. The molecule has 1 amide bonds. The smallest absolute Gasteiger partial charge is 0.269 e. The third-order valence-electron chi connectivity index (χ3n) is 4.61. The van der Waals surface area contributed by atoms with Crippen LogP contribution in [-0.2, 0) is 16.1 Å². The van der Waals surface area contributed by atoms with Crippen molar-refractivity contribution < 1.29 is 19.0 Å². The first kappa shape index (κ1) is 16.9. The molecule has 1 heterocycles. The Bertz CT molecular complexity index is 787. The molecule has 0 saturated heterocycles. The van der Waals surface area contributed by atoms with Crippen LogP contribution in [0, 0.1) is 5.92 Å². The third kappa shape index (κ3) is 3.99. The highest BCUT2D eigenvalue weighted by Gasteiger charge is 2.34. The van der Waals surface area contributed by atoms with Gasteiger partial charge in [-0.05, 0) is 55.5 Å². The molecule has 2 atom stereocenters. The maximum atomic E-state index is 12.7. The summed E-state index contributed by atoms with van der Waals surface area (Å²) < 4.78 is 17.4. The molecular weight excluding hydrogens is 330 g/mol. The standard InChI is InChI=1S/C21H23NO4/c1-14-20(26-19-8-3-2-7-18(19)25-14)21(23)22-17-6-4-5-16(11-17)13-24-12-15-9-10-15/h2-8,11,14-15,20H,9-10,12-13H2,1H3,(H,22,23). The van der Waals surface area contributed by atoms with Gasteiger partial charge in [0.15, 0.2) is 11.5 Å². The van der Waals surface area contributed by atoms with Crippen LogP contribution in [0.15, 0.2) is 48.5 Å². The Hall–Kier alpha value is -2.53. The van der Waals surface area contributed by atoms with Crippen molar-refractivity contribution in [1.82, 2.24) is 0 Å². The van der Waals surface area contributed by atoms with E-state index in [0.29, 0.717) is 18.1 Å². The number of carbonyl (C=O) groups excluding carboxylic acids is 1. The summed E-state index contributed by atoms with van der Waals surface area (Å²) in [7, 11) is 0. The van der Waals surface area contributed by atoms with E-state index >= 15 is 0 Å². The van der Waals surface area contributed by atoms with Gasteiger partial charge in [0.05, 0.1) is 6.61 Å². The molecular formula is C21H23NO4. The minimum atomic E-state index is -0.695. The average Bonchev–Trinajstić information content (AvgIpc) is 3.46. The van der Waals surface area contributed by atoms with Crippen LogP contribution >= 0.6 is 0 Å². The van der Waals surface area contributed by atoms with E-state index in [9.17, 15) is 4.79 Å². The van der Waals surface area contributed by atoms with Gasteiger partial charge in [-0.1, -0.05) is 24.3 Å². The van der Waals surface area contributed by atoms with E-state index in [2.05, 4.69) is 5.32 Å². The fourth-order valence-corrected chi connectivity index (χ4v) is 2.99. The molecule has 0 bridgehead atoms. The number of ether oxygens (including phenoxy) is 3. The number of hydrogen-bond acceptors (Lipinski definition) is 4. The monoisotopic (exact) mass is 353 g/mol. The molecule has 1 fully saturated rings. The molecule has 5 nitrogen and oxygen atoms in total. The summed E-state index contributed by atoms with van der Waals surface area (Å²) in [5.74, 6) is 1.78. The quantitative estimate of drug-likeness (QED) is 0.859. The van der Waals surface area contributed by atoms with Crippen LogP contribution in [0.25, 0.3) is 0 Å². The Balaban J connectivity index is 1.38. The molecule has 1 saturated carbocycles. The average molecular weight is 353 g/mol. The Morgan fingerprint density at radius 3 is 2.65 bits per heavy atom. The van der Waals surface area contributed by atoms with Gasteiger partial charge in [0.2, 0.25) is 6.10 Å². The molecule has 26 heavy (non-hydrogen) atoms. The second kappa shape index (κ2) is 7.38. The topological polar surface area (TPSA) is 56.8 Å². The number of benzene rings is 2. The zero-order valence-corrected chi connectivity index (χ0v) is 14.8. The lowest BCUT2D eigenvalue weighted by atomic mass is 10.1. The molecule has 0 spiro atoms. The molecule has 1 aliphatic heterocycles. The highest BCUT2D eigenvalue weighted by molar-refractivity contribution is 5.95. The molecule has 1 aliphatic carbocycles. The number of anilines is 1. The fraction of sp³-hybridized carbons (Fsp3) is 0.381. The van der Waals surface area contributed by atoms with E-state index in [4.69, 9.17) is 14.2 Å². The molecule has 0 radical (unpaired) electrons. The number of hydrogen-bond donors (Lipinski definition) is 1. The molecule has 136 valence electrons. The van der Waals surface area contributed by atoms with Crippen molar-refractivity contribution in [2.45, 2.75) is 38.6 Å². The van der Waals surface area contributed by atoms with E-state index in [0.717, 1.165) is 23.8 Å². The summed E-state index contributed by atoms with van der Waals surface area (Å²) in [6.07, 6.45) is 1.50. The fourth-order valence-electron chi connectivity index (χ4n) is 2.99. The zero-order valence-electron chi connectivity index (χ0n) is 14.8. The van der Waals surface area contributed by atoms with Gasteiger partial charge in [-0.2, -0.15) is 0 Å². The summed E-state index contributed by atoms with van der Waals surface area (Å²) in [5.41, 5.74) is 1.78. The summed E-state index contributed by atoms with van der Waals surface area (Å²) in [6, 6.07) is 15.1. The lowest BCUT2D eigenvalue weighted by molar-refractivity contribution is -0.128. The third-order valence-corrected chi connectivity index (χ3v) is 4.61. The van der Waals surface area contributed by atoms with Gasteiger partial charge in [0.1, 0.15) is 6.10 Å². The molecule has 0 aromatic heterocycles. The maximum Gasteiger partial charge on any atom is 0.269 e. The van der Waals surface area contributed by atoms with Gasteiger partial charge in [-0.3, -0.25) is 4.79 Å². The number of fused-ring (bicyclic) bond motifs is 1. The zero-order chi connectivity index (χ0) is 17.9. The van der Waals surface area contributed by atoms with Crippen LogP contribution in [0.2, 0.25) is 0 Å². The Morgan fingerprint density at radius 2 is 1.88 bits per heavy atom. The Morgan fingerprint density at radius 1 is 1.12 bits per heavy atom. The van der Waals surface area contributed by atoms with Gasteiger partial charge < -0.3 is 19.5 Å². The number of rotatable bonds is 6. The van der Waals surface area contributed by atoms with Crippen LogP contribution in [0.3, 0.4) is 0 Å². The normalized spacial score (nSPS) is 21.3. The van der Waals surface area contributed by atoms with Gasteiger partial charge >= 0.3 is 0 Å². The van der Waals surface area contributed by atoms with E-state index < -0.39 is 6.10 Å². The second-order valence-electron chi connectivity index (χ2n) is 6.96. The Kier molecular flexibility index (Phi) is 4.80. The predicted octanol–water partition coefficient (Wildman–Crippen LogP) is 3.78. The van der Waals surface area contributed by atoms with Crippen molar-refractivity contribution in [2.24, 2.45) is 5.92 Å². The Labute approximate surface area is 153 Å². The maximum absolute atomic E-state index is 12.7. The molecule has 2 aromatic carbocycles. The minimum absolute atomic E-state index is 0.219. The van der Waals surface area contributed by atoms with Crippen LogP contribution in [0.1, 0.15) is 25.3 Å². The first-order valence-electron chi connectivity index (χ1n) is 9.09. The van der Waals surface area contributed by atoms with Crippen molar-refractivity contribution in [2.75, 3.05) is 11.9 Å². The van der Waals surface area contributed by atoms with E-state index in [1.54, 1.807) is 6.07 Å². The SMILES string of the molecule is CC1Oc2ccccc2OC1C(=O)Nc1cccc(COCC2CC2)c1. The minimum Gasteiger partial charge on any atom is -0.482 e. The molecule has 1 N–H and O–H groups in total. The highest BCUT2D eigenvalue weighted by Crippen LogP contribution is 2.33. The highest BCUT2D eigenvalue weighted by atomic mass is 16.6. The number of para-hydroxylation sites is 2. The van der Waals surface area contributed by atoms with Gasteiger partial charge in [-0.15, -0.1) is 0 Å². The van der Waals surface area contributed by atoms with Crippen molar-refractivity contribution >= 4 is 11.6 Å². The van der Waals surface area contributed by atoms with Gasteiger partial charge in [-0.25, -0.2) is 0 Å². The van der Waals surface area contributed by atoms with Crippen LogP contribution in [0.4, 0.5) is 5.69 Å². The van der Waals surface area contributed by atoms with E-state index in [-0.39, 0.29) is 12.0 Å². The summed E-state index contributed by atoms with van der Waals surface area (Å²) in [5, 5.41) is 2.93. The molecule has 2 aliphatic rings. The van der Waals surface area contributed by atoms with Gasteiger partial charge in [0, 0.05) is 12.3 Å². The first-order valence-corrected chi connectivity index (χ1v) is 9.09. The van der Waals surface area contributed by atoms with Crippen molar-refractivity contribution in [1.29, 1.82) is 0 Å². The number of carbonyl (C=O) groups is 1. The van der Waals surface area contributed by atoms with Crippen LogP contribution < -0.4 is 14.8 Å². The summed E-state index contributed by atoms with van der Waals surface area (Å²) >= 11 is 0. The molecule has 2 aromatic rings.